The number of carboxylic acid groups (broad SMARTS) is 1. The van der Waals surface area contributed by atoms with Gasteiger partial charge in [-0.2, -0.15) is 0 Å². The highest BCUT2D eigenvalue weighted by Crippen LogP contribution is 2.44. The molecule has 0 saturated heterocycles. The van der Waals surface area contributed by atoms with Gasteiger partial charge in [0.1, 0.15) is 0 Å². The number of hydrogen-bond acceptors (Lipinski definition) is 6. The Labute approximate surface area is 206 Å². The van der Waals surface area contributed by atoms with Crippen LogP contribution >= 0.6 is 11.6 Å². The molecular weight excluding hydrogens is 462 g/mol. The van der Waals surface area contributed by atoms with E-state index in [-0.39, 0.29) is 32.0 Å². The number of amides is 1. The van der Waals surface area contributed by atoms with Crippen molar-refractivity contribution in [2.45, 2.75) is 64.5 Å². The smallest absolute Gasteiger partial charge is 0.307 e. The van der Waals surface area contributed by atoms with Gasteiger partial charge in [0, 0.05) is 18.7 Å². The first kappa shape index (κ1) is 28.1. The van der Waals surface area contributed by atoms with Crippen molar-refractivity contribution in [2.24, 2.45) is 11.3 Å². The van der Waals surface area contributed by atoms with Crippen LogP contribution in [0, 0.1) is 11.3 Å². The maximum Gasteiger partial charge on any atom is 0.307 e. The molecule has 0 aliphatic heterocycles. The Morgan fingerprint density at radius 3 is 2.44 bits per heavy atom. The number of nitrogens with one attached hydrogen (secondary N) is 1. The van der Waals surface area contributed by atoms with Gasteiger partial charge in [-0.1, -0.05) is 36.6 Å². The molecule has 1 amide bonds. The van der Waals surface area contributed by atoms with E-state index >= 15 is 0 Å². The van der Waals surface area contributed by atoms with Crippen LogP contribution < -0.4 is 5.32 Å². The summed E-state index contributed by atoms with van der Waals surface area (Å²) < 4.78 is 15.9. The number of carbonyl (C=O) groups is 3. The summed E-state index contributed by atoms with van der Waals surface area (Å²) in [7, 11) is 1.53. The molecule has 0 heterocycles. The van der Waals surface area contributed by atoms with Gasteiger partial charge in [-0.25, -0.2) is 0 Å². The van der Waals surface area contributed by atoms with Crippen LogP contribution in [0.1, 0.15) is 57.4 Å². The Balaban J connectivity index is 2.07. The van der Waals surface area contributed by atoms with E-state index in [4.69, 9.17) is 25.8 Å². The number of aliphatic carboxylic acids is 1. The zero-order valence-corrected chi connectivity index (χ0v) is 20.8. The van der Waals surface area contributed by atoms with Crippen LogP contribution in [-0.2, 0) is 35.2 Å². The van der Waals surface area contributed by atoms with Crippen LogP contribution in [-0.4, -0.2) is 55.9 Å². The van der Waals surface area contributed by atoms with Crippen molar-refractivity contribution in [2.75, 3.05) is 26.9 Å². The number of ether oxygens (including phenoxy) is 3. The van der Waals surface area contributed by atoms with Gasteiger partial charge in [0.15, 0.2) is 0 Å². The predicted octanol–water partition coefficient (Wildman–Crippen LogP) is 3.98. The van der Waals surface area contributed by atoms with Crippen molar-refractivity contribution < 1.29 is 33.7 Å². The third-order valence-electron chi connectivity index (χ3n) is 6.25. The van der Waals surface area contributed by atoms with Crippen LogP contribution in [0.2, 0.25) is 5.02 Å². The normalized spacial score (nSPS) is 16.6. The highest BCUT2D eigenvalue weighted by Gasteiger charge is 2.44. The Kier molecular flexibility index (Phi) is 11.8. The number of methoxy groups -OCH3 is 1. The molecule has 1 saturated carbocycles. The largest absolute Gasteiger partial charge is 0.481 e. The Morgan fingerprint density at radius 2 is 1.85 bits per heavy atom. The summed E-state index contributed by atoms with van der Waals surface area (Å²) in [6, 6.07) is 6.65. The molecule has 0 unspecified atom stereocenters. The Hall–Kier alpha value is -2.16. The fraction of sp³-hybridized carbons (Fsp3) is 0.640. The first-order valence-corrected chi connectivity index (χ1v) is 12.2. The highest BCUT2D eigenvalue weighted by molar-refractivity contribution is 6.30. The number of rotatable bonds is 15. The molecule has 1 aromatic carbocycles. The minimum atomic E-state index is -0.925. The number of carboxylic acids is 1. The molecule has 0 aromatic heterocycles. The van der Waals surface area contributed by atoms with Crippen molar-refractivity contribution in [3.05, 3.63) is 34.9 Å². The monoisotopic (exact) mass is 497 g/mol. The van der Waals surface area contributed by atoms with Gasteiger partial charge in [0.25, 0.3) is 0 Å². The summed E-state index contributed by atoms with van der Waals surface area (Å²) in [5, 5.41) is 13.3. The average molecular weight is 498 g/mol. The summed E-state index contributed by atoms with van der Waals surface area (Å²) in [6.45, 7) is 2.71. The lowest BCUT2D eigenvalue weighted by Gasteiger charge is -2.32. The highest BCUT2D eigenvalue weighted by atomic mass is 35.5. The van der Waals surface area contributed by atoms with Crippen molar-refractivity contribution in [1.82, 2.24) is 5.32 Å². The molecule has 34 heavy (non-hydrogen) atoms. The lowest BCUT2D eigenvalue weighted by Crippen LogP contribution is -2.48. The van der Waals surface area contributed by atoms with Crippen molar-refractivity contribution in [3.63, 3.8) is 0 Å². The summed E-state index contributed by atoms with van der Waals surface area (Å²) in [5.41, 5.74) is 0.139. The molecule has 1 aliphatic carbocycles. The van der Waals surface area contributed by atoms with Crippen LogP contribution in [0.25, 0.3) is 0 Å². The molecule has 1 fully saturated rings. The predicted molar refractivity (Wildman–Crippen MR) is 127 cm³/mol. The zero-order valence-electron chi connectivity index (χ0n) is 20.0. The molecule has 190 valence electrons. The first-order valence-electron chi connectivity index (χ1n) is 11.8. The zero-order chi connectivity index (χ0) is 25.0. The van der Waals surface area contributed by atoms with Gasteiger partial charge in [0.2, 0.25) is 5.91 Å². The maximum absolute atomic E-state index is 13.5. The number of halogens is 1. The molecule has 0 bridgehead atoms. The van der Waals surface area contributed by atoms with E-state index in [2.05, 4.69) is 5.32 Å². The van der Waals surface area contributed by atoms with E-state index in [9.17, 15) is 19.5 Å². The first-order chi connectivity index (χ1) is 16.3. The second-order valence-electron chi connectivity index (χ2n) is 8.83. The van der Waals surface area contributed by atoms with E-state index in [1.165, 1.54) is 7.11 Å². The molecule has 2 N–H and O–H groups in total. The second kappa shape index (κ2) is 14.3. The molecule has 2 rings (SSSR count). The average Bonchev–Trinajstić information content (AvgIpc) is 3.28. The van der Waals surface area contributed by atoms with E-state index < -0.39 is 29.3 Å². The second-order valence-corrected chi connectivity index (χ2v) is 9.27. The van der Waals surface area contributed by atoms with Crippen molar-refractivity contribution >= 4 is 29.4 Å². The van der Waals surface area contributed by atoms with Crippen LogP contribution in [0.5, 0.6) is 0 Å². The van der Waals surface area contributed by atoms with Gasteiger partial charge >= 0.3 is 11.9 Å². The number of esters is 1. The summed E-state index contributed by atoms with van der Waals surface area (Å²) in [6.07, 6.45) is 3.52. The fourth-order valence-corrected chi connectivity index (χ4v) is 4.56. The van der Waals surface area contributed by atoms with E-state index in [1.807, 2.05) is 12.1 Å². The minimum absolute atomic E-state index is 0.0255. The standard InChI is InChI=1S/C25H36ClNO7/c1-3-34-22(28)14-21(17-33-16-18-6-8-20(26)9-7-18)27-24(31)25(11-4-5-12-25)15-19(23(29)30)10-13-32-2/h6-9,19,21H,3-5,10-17H2,1-2H3,(H,27,31)(H,29,30)/t19-,21+/m1/s1. The molecule has 0 radical (unpaired) electrons. The topological polar surface area (TPSA) is 111 Å². The lowest BCUT2D eigenvalue weighted by molar-refractivity contribution is -0.145. The number of benzene rings is 1. The van der Waals surface area contributed by atoms with Gasteiger partial charge < -0.3 is 24.6 Å². The van der Waals surface area contributed by atoms with Gasteiger partial charge in [-0.15, -0.1) is 0 Å². The minimum Gasteiger partial charge on any atom is -0.481 e. The van der Waals surface area contributed by atoms with E-state index in [0.29, 0.717) is 37.5 Å². The molecule has 1 aliphatic rings. The van der Waals surface area contributed by atoms with E-state index in [1.54, 1.807) is 19.1 Å². The maximum atomic E-state index is 13.5. The molecule has 9 heteroatoms. The SMILES string of the molecule is CCOC(=O)C[C@@H](COCc1ccc(Cl)cc1)NC(=O)C1(C[C@@H](CCOC)C(=O)O)CCCC1. The Bertz CT molecular complexity index is 793. The Morgan fingerprint density at radius 1 is 1.18 bits per heavy atom. The third-order valence-corrected chi connectivity index (χ3v) is 6.51. The van der Waals surface area contributed by atoms with Crippen LogP contribution in [0.3, 0.4) is 0 Å². The van der Waals surface area contributed by atoms with E-state index in [0.717, 1.165) is 18.4 Å². The summed E-state index contributed by atoms with van der Waals surface area (Å²) in [5.74, 6) is -2.25. The van der Waals surface area contributed by atoms with Gasteiger partial charge in [-0.3, -0.25) is 14.4 Å². The molecule has 0 spiro atoms. The van der Waals surface area contributed by atoms with Crippen LogP contribution in [0.4, 0.5) is 0 Å². The van der Waals surface area contributed by atoms with Gasteiger partial charge in [-0.05, 0) is 50.3 Å². The quantitative estimate of drug-likeness (QED) is 0.352. The molecule has 1 aromatic rings. The van der Waals surface area contributed by atoms with Gasteiger partial charge in [0.05, 0.1) is 43.6 Å². The molecule has 2 atom stereocenters. The summed E-state index contributed by atoms with van der Waals surface area (Å²) in [4.78, 5) is 37.4. The van der Waals surface area contributed by atoms with Crippen molar-refractivity contribution in [1.29, 1.82) is 0 Å². The van der Waals surface area contributed by atoms with Crippen molar-refractivity contribution in [3.8, 4) is 0 Å². The fourth-order valence-electron chi connectivity index (χ4n) is 4.43. The number of carbonyl (C=O) groups excluding carboxylic acids is 2. The summed E-state index contributed by atoms with van der Waals surface area (Å²) >= 11 is 5.92. The lowest BCUT2D eigenvalue weighted by atomic mass is 9.75. The molecule has 8 nitrogen and oxygen atoms in total. The van der Waals surface area contributed by atoms with Crippen LogP contribution in [0.15, 0.2) is 24.3 Å². The third kappa shape index (κ3) is 8.89. The number of hydrogen-bond donors (Lipinski definition) is 2. The molecular formula is C25H36ClNO7.